The first kappa shape index (κ1) is 17.0. The monoisotopic (exact) mass is 339 g/mol. The van der Waals surface area contributed by atoms with Gasteiger partial charge in [-0.3, -0.25) is 0 Å². The lowest BCUT2D eigenvalue weighted by Gasteiger charge is -2.17. The maximum absolute atomic E-state index is 13.7. The lowest BCUT2D eigenvalue weighted by atomic mass is 10.1. The van der Waals surface area contributed by atoms with Gasteiger partial charge in [0.15, 0.2) is 0 Å². The van der Waals surface area contributed by atoms with Crippen molar-refractivity contribution in [1.82, 2.24) is 0 Å². The van der Waals surface area contributed by atoms with Crippen molar-refractivity contribution in [3.63, 3.8) is 0 Å². The van der Waals surface area contributed by atoms with E-state index in [0.717, 1.165) is 16.9 Å². The summed E-state index contributed by atoms with van der Waals surface area (Å²) in [6.07, 6.45) is 0. The van der Waals surface area contributed by atoms with Gasteiger partial charge in [0.05, 0.1) is 0 Å². The van der Waals surface area contributed by atoms with Crippen molar-refractivity contribution in [3.05, 3.63) is 95.6 Å². The van der Waals surface area contributed by atoms with E-state index in [4.69, 9.17) is 4.74 Å². The zero-order chi connectivity index (χ0) is 17.6. The van der Waals surface area contributed by atoms with Gasteiger partial charge in [-0.25, -0.2) is 8.78 Å². The molecule has 0 saturated carbocycles. The average molecular weight is 339 g/mol. The first-order valence-electron chi connectivity index (χ1n) is 8.11. The predicted molar refractivity (Wildman–Crippen MR) is 95.6 cm³/mol. The standard InChI is InChI=1S/C21H19F2NO/c1-15(24-21-19(22)8-5-9-20(21)23)17-10-12-18(13-11-17)25-14-16-6-3-2-4-7-16/h2-13,15,24H,14H2,1H3. The molecule has 0 bridgehead atoms. The quantitative estimate of drug-likeness (QED) is 0.620. The van der Waals surface area contributed by atoms with E-state index in [0.29, 0.717) is 6.61 Å². The topological polar surface area (TPSA) is 21.3 Å². The van der Waals surface area contributed by atoms with Crippen LogP contribution in [0.3, 0.4) is 0 Å². The second kappa shape index (κ2) is 7.79. The molecule has 1 atom stereocenters. The number of halogens is 2. The molecule has 3 aromatic carbocycles. The fraction of sp³-hybridized carbons (Fsp3) is 0.143. The first-order chi connectivity index (χ1) is 12.1. The first-order valence-corrected chi connectivity index (χ1v) is 8.11. The van der Waals surface area contributed by atoms with Crippen molar-refractivity contribution >= 4 is 5.69 Å². The summed E-state index contributed by atoms with van der Waals surface area (Å²) >= 11 is 0. The van der Waals surface area contributed by atoms with Crippen LogP contribution in [-0.2, 0) is 6.61 Å². The lowest BCUT2D eigenvalue weighted by Crippen LogP contribution is -2.09. The summed E-state index contributed by atoms with van der Waals surface area (Å²) in [5.74, 6) is -0.457. The van der Waals surface area contributed by atoms with Crippen LogP contribution in [0, 0.1) is 11.6 Å². The Kier molecular flexibility index (Phi) is 5.29. The SMILES string of the molecule is CC(Nc1c(F)cccc1F)c1ccc(OCc2ccccc2)cc1. The fourth-order valence-corrected chi connectivity index (χ4v) is 2.53. The Morgan fingerprint density at radius 3 is 2.12 bits per heavy atom. The number of hydrogen-bond acceptors (Lipinski definition) is 2. The molecule has 0 aliphatic carbocycles. The molecule has 1 unspecified atom stereocenters. The number of rotatable bonds is 6. The minimum absolute atomic E-state index is 0.112. The van der Waals surface area contributed by atoms with Crippen molar-refractivity contribution in [3.8, 4) is 5.75 Å². The lowest BCUT2D eigenvalue weighted by molar-refractivity contribution is 0.306. The Bertz CT molecular complexity index is 799. The smallest absolute Gasteiger partial charge is 0.149 e. The molecule has 0 aliphatic rings. The number of anilines is 1. The summed E-state index contributed by atoms with van der Waals surface area (Å²) in [6.45, 7) is 2.35. The maximum Gasteiger partial charge on any atom is 0.149 e. The molecule has 0 radical (unpaired) electrons. The molecule has 3 aromatic rings. The van der Waals surface area contributed by atoms with Crippen LogP contribution in [0.4, 0.5) is 14.5 Å². The van der Waals surface area contributed by atoms with Crippen LogP contribution < -0.4 is 10.1 Å². The van der Waals surface area contributed by atoms with Crippen LogP contribution >= 0.6 is 0 Å². The summed E-state index contributed by atoms with van der Waals surface area (Å²) in [4.78, 5) is 0. The van der Waals surface area contributed by atoms with Crippen LogP contribution in [-0.4, -0.2) is 0 Å². The molecule has 128 valence electrons. The molecule has 3 rings (SSSR count). The van der Waals surface area contributed by atoms with E-state index in [9.17, 15) is 8.78 Å². The number of para-hydroxylation sites is 1. The van der Waals surface area contributed by atoms with Gasteiger partial charge in [0.25, 0.3) is 0 Å². The molecule has 0 aromatic heterocycles. The van der Waals surface area contributed by atoms with Gasteiger partial charge in [0, 0.05) is 6.04 Å². The van der Waals surface area contributed by atoms with Crippen molar-refractivity contribution in [2.24, 2.45) is 0 Å². The van der Waals surface area contributed by atoms with E-state index in [1.54, 1.807) is 0 Å². The minimum Gasteiger partial charge on any atom is -0.489 e. The molecule has 0 amide bonds. The number of benzene rings is 3. The van der Waals surface area contributed by atoms with Gasteiger partial charge in [-0.05, 0) is 42.3 Å². The maximum atomic E-state index is 13.7. The Morgan fingerprint density at radius 2 is 1.48 bits per heavy atom. The third-order valence-corrected chi connectivity index (χ3v) is 3.95. The van der Waals surface area contributed by atoms with Crippen LogP contribution in [0.15, 0.2) is 72.8 Å². The highest BCUT2D eigenvalue weighted by Crippen LogP contribution is 2.25. The second-order valence-corrected chi connectivity index (χ2v) is 5.81. The molecule has 25 heavy (non-hydrogen) atoms. The van der Waals surface area contributed by atoms with Gasteiger partial charge in [0.2, 0.25) is 0 Å². The van der Waals surface area contributed by atoms with E-state index in [2.05, 4.69) is 5.32 Å². The van der Waals surface area contributed by atoms with Gasteiger partial charge >= 0.3 is 0 Å². The summed E-state index contributed by atoms with van der Waals surface area (Å²) < 4.78 is 33.2. The molecule has 4 heteroatoms. The molecule has 0 spiro atoms. The summed E-state index contributed by atoms with van der Waals surface area (Å²) in [7, 11) is 0. The van der Waals surface area contributed by atoms with Crippen LogP contribution in [0.5, 0.6) is 5.75 Å². The summed E-state index contributed by atoms with van der Waals surface area (Å²) in [5, 5.41) is 2.88. The Balaban J connectivity index is 1.63. The van der Waals surface area contributed by atoms with Crippen molar-refractivity contribution in [2.45, 2.75) is 19.6 Å². The third-order valence-electron chi connectivity index (χ3n) is 3.95. The van der Waals surface area contributed by atoms with Gasteiger partial charge in [-0.1, -0.05) is 48.5 Å². The molecular weight excluding hydrogens is 320 g/mol. The Labute approximate surface area is 146 Å². The molecule has 2 nitrogen and oxygen atoms in total. The van der Waals surface area contributed by atoms with E-state index in [-0.39, 0.29) is 11.7 Å². The normalized spacial score (nSPS) is 11.8. The van der Waals surface area contributed by atoms with Gasteiger partial charge in [-0.2, -0.15) is 0 Å². The van der Waals surface area contributed by atoms with E-state index in [1.165, 1.54) is 18.2 Å². The minimum atomic E-state index is -0.602. The van der Waals surface area contributed by atoms with E-state index < -0.39 is 11.6 Å². The summed E-state index contributed by atoms with van der Waals surface area (Å²) in [6, 6.07) is 21.0. The Morgan fingerprint density at radius 1 is 0.840 bits per heavy atom. The van der Waals surface area contributed by atoms with Gasteiger partial charge < -0.3 is 10.1 Å². The average Bonchev–Trinajstić information content (AvgIpc) is 2.64. The number of ether oxygens (including phenoxy) is 1. The van der Waals surface area contributed by atoms with Crippen molar-refractivity contribution in [1.29, 1.82) is 0 Å². The molecule has 0 saturated heterocycles. The zero-order valence-electron chi connectivity index (χ0n) is 13.9. The molecular formula is C21H19F2NO. The van der Waals surface area contributed by atoms with E-state index >= 15 is 0 Å². The molecule has 1 N–H and O–H groups in total. The fourth-order valence-electron chi connectivity index (χ4n) is 2.53. The Hall–Kier alpha value is -2.88. The van der Waals surface area contributed by atoms with Crippen molar-refractivity contribution < 1.29 is 13.5 Å². The van der Waals surface area contributed by atoms with E-state index in [1.807, 2.05) is 61.5 Å². The number of nitrogens with one attached hydrogen (secondary N) is 1. The second-order valence-electron chi connectivity index (χ2n) is 5.81. The van der Waals surface area contributed by atoms with Crippen molar-refractivity contribution in [2.75, 3.05) is 5.32 Å². The van der Waals surface area contributed by atoms with Gasteiger partial charge in [0.1, 0.15) is 29.7 Å². The van der Waals surface area contributed by atoms with Crippen LogP contribution in [0.2, 0.25) is 0 Å². The van der Waals surface area contributed by atoms with Crippen LogP contribution in [0.1, 0.15) is 24.1 Å². The largest absolute Gasteiger partial charge is 0.489 e. The van der Waals surface area contributed by atoms with Gasteiger partial charge in [-0.15, -0.1) is 0 Å². The molecule has 0 aliphatic heterocycles. The highest BCUT2D eigenvalue weighted by Gasteiger charge is 2.12. The zero-order valence-corrected chi connectivity index (χ0v) is 13.9. The highest BCUT2D eigenvalue weighted by atomic mass is 19.1. The number of hydrogen-bond donors (Lipinski definition) is 1. The summed E-state index contributed by atoms with van der Waals surface area (Å²) in [5.41, 5.74) is 1.89. The molecule has 0 heterocycles. The third kappa shape index (κ3) is 4.35. The predicted octanol–water partition coefficient (Wildman–Crippen LogP) is 5.72. The van der Waals surface area contributed by atoms with Crippen LogP contribution in [0.25, 0.3) is 0 Å². The molecule has 0 fully saturated rings. The highest BCUT2D eigenvalue weighted by molar-refractivity contribution is 5.48.